The molecule has 0 amide bonds. The first-order valence-electron chi connectivity index (χ1n) is 5.48. The standard InChI is InChI=1S/C13H10O7/c1-5(14)10-7(15)4-8(16)11-6(13(18)19-2)3-9(17)20-12(10)11/h3-4,15-16H,1-2H3. The second-order valence-electron chi connectivity index (χ2n) is 4.02. The molecule has 0 fully saturated rings. The Kier molecular flexibility index (Phi) is 3.19. The van der Waals surface area contributed by atoms with Gasteiger partial charge in [0.25, 0.3) is 0 Å². The van der Waals surface area contributed by atoms with Gasteiger partial charge in [-0.1, -0.05) is 0 Å². The summed E-state index contributed by atoms with van der Waals surface area (Å²) >= 11 is 0. The second-order valence-corrected chi connectivity index (χ2v) is 4.02. The Morgan fingerprint density at radius 3 is 2.40 bits per heavy atom. The van der Waals surface area contributed by atoms with Gasteiger partial charge in [0.1, 0.15) is 17.1 Å². The van der Waals surface area contributed by atoms with Crippen LogP contribution in [-0.2, 0) is 4.74 Å². The van der Waals surface area contributed by atoms with E-state index in [1.807, 2.05) is 0 Å². The normalized spacial score (nSPS) is 10.5. The highest BCUT2D eigenvalue weighted by atomic mass is 16.5. The predicted octanol–water partition coefficient (Wildman–Crippen LogP) is 1.19. The van der Waals surface area contributed by atoms with E-state index < -0.39 is 28.9 Å². The molecule has 0 spiro atoms. The van der Waals surface area contributed by atoms with Gasteiger partial charge in [0.15, 0.2) is 11.4 Å². The molecular formula is C13H10O7. The minimum absolute atomic E-state index is 0.167. The lowest BCUT2D eigenvalue weighted by atomic mass is 10.0. The Balaban J connectivity index is 3.06. The Morgan fingerprint density at radius 1 is 1.20 bits per heavy atom. The van der Waals surface area contributed by atoms with Crippen molar-refractivity contribution in [1.82, 2.24) is 0 Å². The fourth-order valence-electron chi connectivity index (χ4n) is 1.93. The number of ether oxygens (including phenoxy) is 1. The number of rotatable bonds is 2. The number of esters is 1. The molecule has 0 saturated heterocycles. The van der Waals surface area contributed by atoms with Crippen molar-refractivity contribution in [2.75, 3.05) is 7.11 Å². The van der Waals surface area contributed by atoms with E-state index in [0.29, 0.717) is 0 Å². The monoisotopic (exact) mass is 278 g/mol. The van der Waals surface area contributed by atoms with Gasteiger partial charge >= 0.3 is 11.6 Å². The van der Waals surface area contributed by atoms with E-state index in [1.165, 1.54) is 0 Å². The lowest BCUT2D eigenvalue weighted by molar-refractivity contribution is 0.0601. The molecule has 7 nitrogen and oxygen atoms in total. The Hall–Kier alpha value is -2.83. The smallest absolute Gasteiger partial charge is 0.339 e. The van der Waals surface area contributed by atoms with Gasteiger partial charge in [-0.3, -0.25) is 4.79 Å². The number of phenolic OH excluding ortho intramolecular Hbond substituents is 2. The molecular weight excluding hydrogens is 268 g/mol. The first kappa shape index (κ1) is 13.6. The molecule has 0 bridgehead atoms. The first-order chi connectivity index (χ1) is 9.36. The van der Waals surface area contributed by atoms with E-state index >= 15 is 0 Å². The van der Waals surface area contributed by atoms with Crippen molar-refractivity contribution >= 4 is 22.7 Å². The Bertz CT molecular complexity index is 785. The molecule has 20 heavy (non-hydrogen) atoms. The molecule has 104 valence electrons. The highest BCUT2D eigenvalue weighted by Crippen LogP contribution is 2.36. The van der Waals surface area contributed by atoms with E-state index in [-0.39, 0.29) is 22.1 Å². The number of carbonyl (C=O) groups excluding carboxylic acids is 2. The van der Waals surface area contributed by atoms with Crippen LogP contribution in [0.3, 0.4) is 0 Å². The summed E-state index contributed by atoms with van der Waals surface area (Å²) in [5.74, 6) is -2.52. The van der Waals surface area contributed by atoms with Crippen LogP contribution >= 0.6 is 0 Å². The molecule has 0 aliphatic rings. The van der Waals surface area contributed by atoms with Crippen molar-refractivity contribution in [3.05, 3.63) is 33.7 Å². The van der Waals surface area contributed by atoms with Crippen LogP contribution < -0.4 is 5.63 Å². The number of ketones is 1. The van der Waals surface area contributed by atoms with Crippen molar-refractivity contribution < 1.29 is 29.0 Å². The summed E-state index contributed by atoms with van der Waals surface area (Å²) in [5, 5.41) is 19.3. The van der Waals surface area contributed by atoms with Crippen molar-refractivity contribution in [3.8, 4) is 11.5 Å². The third-order valence-electron chi connectivity index (χ3n) is 2.73. The van der Waals surface area contributed by atoms with Crippen molar-refractivity contribution in [3.63, 3.8) is 0 Å². The molecule has 1 aromatic heterocycles. The van der Waals surface area contributed by atoms with Crippen molar-refractivity contribution in [2.24, 2.45) is 0 Å². The van der Waals surface area contributed by atoms with Gasteiger partial charge in [-0.2, -0.15) is 0 Å². The average Bonchev–Trinajstić information content (AvgIpc) is 2.35. The number of carbonyl (C=O) groups is 2. The number of phenols is 2. The summed E-state index contributed by atoms with van der Waals surface area (Å²) in [5.41, 5.74) is -1.81. The van der Waals surface area contributed by atoms with E-state index in [0.717, 1.165) is 26.2 Å². The third-order valence-corrected chi connectivity index (χ3v) is 2.73. The maximum absolute atomic E-state index is 11.6. The predicted molar refractivity (Wildman–Crippen MR) is 67.2 cm³/mol. The fraction of sp³-hybridized carbons (Fsp3) is 0.154. The first-order valence-corrected chi connectivity index (χ1v) is 5.48. The molecule has 0 radical (unpaired) electrons. The average molecular weight is 278 g/mol. The molecule has 2 rings (SSSR count). The molecule has 2 N–H and O–H groups in total. The van der Waals surface area contributed by atoms with Crippen LogP contribution in [0.4, 0.5) is 0 Å². The van der Waals surface area contributed by atoms with Crippen LogP contribution in [0.5, 0.6) is 11.5 Å². The SMILES string of the molecule is COC(=O)c1cc(=O)oc2c(C(C)=O)c(O)cc(O)c12. The number of hydrogen-bond donors (Lipinski definition) is 2. The van der Waals surface area contributed by atoms with Crippen LogP contribution in [0.2, 0.25) is 0 Å². The van der Waals surface area contributed by atoms with E-state index in [9.17, 15) is 24.6 Å². The lowest BCUT2D eigenvalue weighted by Gasteiger charge is -2.09. The van der Waals surface area contributed by atoms with Gasteiger partial charge in [-0.25, -0.2) is 9.59 Å². The van der Waals surface area contributed by atoms with E-state index in [1.54, 1.807) is 0 Å². The fourth-order valence-corrected chi connectivity index (χ4v) is 1.93. The maximum Gasteiger partial charge on any atom is 0.339 e. The summed E-state index contributed by atoms with van der Waals surface area (Å²) in [4.78, 5) is 34.6. The van der Waals surface area contributed by atoms with Gasteiger partial charge in [-0.15, -0.1) is 0 Å². The summed E-state index contributed by atoms with van der Waals surface area (Å²) in [7, 11) is 1.10. The Labute approximate surface area is 112 Å². The van der Waals surface area contributed by atoms with Crippen molar-refractivity contribution in [2.45, 2.75) is 6.92 Å². The number of aromatic hydroxyl groups is 2. The number of benzene rings is 1. The van der Waals surface area contributed by atoms with Gasteiger partial charge in [-0.05, 0) is 6.92 Å². The van der Waals surface area contributed by atoms with E-state index in [2.05, 4.69) is 4.74 Å². The lowest BCUT2D eigenvalue weighted by Crippen LogP contribution is -2.10. The van der Waals surface area contributed by atoms with Crippen LogP contribution in [0.1, 0.15) is 27.6 Å². The molecule has 1 heterocycles. The number of fused-ring (bicyclic) bond motifs is 1. The quantitative estimate of drug-likeness (QED) is 0.481. The van der Waals surface area contributed by atoms with Gasteiger partial charge in [0, 0.05) is 12.1 Å². The molecule has 1 aromatic carbocycles. The molecule has 7 heteroatoms. The highest BCUT2D eigenvalue weighted by molar-refractivity contribution is 6.13. The maximum atomic E-state index is 11.6. The minimum atomic E-state index is -0.912. The zero-order chi connectivity index (χ0) is 15.0. The largest absolute Gasteiger partial charge is 0.507 e. The number of Topliss-reactive ketones (excluding diaryl/α,β-unsaturated/α-hetero) is 1. The topological polar surface area (TPSA) is 114 Å². The van der Waals surface area contributed by atoms with Gasteiger partial charge in [0.2, 0.25) is 0 Å². The molecule has 2 aromatic rings. The summed E-state index contributed by atoms with van der Waals surface area (Å²) in [6.45, 7) is 1.15. The van der Waals surface area contributed by atoms with Crippen molar-refractivity contribution in [1.29, 1.82) is 0 Å². The zero-order valence-electron chi connectivity index (χ0n) is 10.6. The van der Waals surface area contributed by atoms with Crippen LogP contribution in [0.15, 0.2) is 21.3 Å². The van der Waals surface area contributed by atoms with Gasteiger partial charge in [0.05, 0.1) is 18.1 Å². The Morgan fingerprint density at radius 2 is 1.85 bits per heavy atom. The molecule has 0 aliphatic heterocycles. The van der Waals surface area contributed by atoms with Crippen LogP contribution in [-0.4, -0.2) is 29.1 Å². The summed E-state index contributed by atoms with van der Waals surface area (Å²) in [6.07, 6.45) is 0. The van der Waals surface area contributed by atoms with E-state index in [4.69, 9.17) is 4.42 Å². The zero-order valence-corrected chi connectivity index (χ0v) is 10.6. The molecule has 0 unspecified atom stereocenters. The molecule has 0 aliphatic carbocycles. The second kappa shape index (κ2) is 4.69. The van der Waals surface area contributed by atoms with Crippen LogP contribution in [0, 0.1) is 0 Å². The number of hydrogen-bond acceptors (Lipinski definition) is 7. The molecule has 0 atom stereocenters. The van der Waals surface area contributed by atoms with Gasteiger partial charge < -0.3 is 19.4 Å². The minimum Gasteiger partial charge on any atom is -0.507 e. The molecule has 0 saturated carbocycles. The summed E-state index contributed by atoms with van der Waals surface area (Å²) in [6, 6.07) is 1.74. The summed E-state index contributed by atoms with van der Waals surface area (Å²) < 4.78 is 9.35. The van der Waals surface area contributed by atoms with Crippen LogP contribution in [0.25, 0.3) is 11.0 Å². The third kappa shape index (κ3) is 1.99. The number of methoxy groups -OCH3 is 1. The highest BCUT2D eigenvalue weighted by Gasteiger charge is 2.23.